The van der Waals surface area contributed by atoms with E-state index < -0.39 is 0 Å². The summed E-state index contributed by atoms with van der Waals surface area (Å²) in [7, 11) is 0. The van der Waals surface area contributed by atoms with Gasteiger partial charge in [0.25, 0.3) is 0 Å². The highest BCUT2D eigenvalue weighted by atomic mass is 16.1. The zero-order valence-electron chi connectivity index (χ0n) is 12.8. The summed E-state index contributed by atoms with van der Waals surface area (Å²) in [4.78, 5) is 20.1. The standard InChI is InChI=1S/C14H25N5O/c1-5-11-13(15-6-2)17-9-18-14(11)16-8-7-12(20)19-10(3)4/h9-10H,5-8H2,1-4H3,(H,19,20)(H2,15,16,17,18). The summed E-state index contributed by atoms with van der Waals surface area (Å²) in [5.41, 5.74) is 1.05. The van der Waals surface area contributed by atoms with Crippen molar-refractivity contribution < 1.29 is 4.79 Å². The molecule has 1 aromatic rings. The number of carbonyl (C=O) groups is 1. The first-order valence-electron chi connectivity index (χ1n) is 7.19. The van der Waals surface area contributed by atoms with E-state index in [1.54, 1.807) is 0 Å². The molecule has 1 amide bonds. The smallest absolute Gasteiger partial charge is 0.221 e. The Kier molecular flexibility index (Phi) is 6.76. The van der Waals surface area contributed by atoms with Crippen LogP contribution in [-0.4, -0.2) is 35.0 Å². The summed E-state index contributed by atoms with van der Waals surface area (Å²) < 4.78 is 0. The summed E-state index contributed by atoms with van der Waals surface area (Å²) in [5.74, 6) is 1.71. The van der Waals surface area contributed by atoms with E-state index in [9.17, 15) is 4.79 Å². The van der Waals surface area contributed by atoms with E-state index in [0.717, 1.165) is 30.2 Å². The molecule has 0 saturated carbocycles. The van der Waals surface area contributed by atoms with Gasteiger partial charge in [-0.15, -0.1) is 0 Å². The Balaban J connectivity index is 2.59. The lowest BCUT2D eigenvalue weighted by Gasteiger charge is -2.14. The monoisotopic (exact) mass is 279 g/mol. The summed E-state index contributed by atoms with van der Waals surface area (Å²) in [6.45, 7) is 9.39. The molecule has 0 spiro atoms. The Morgan fingerprint density at radius 3 is 2.40 bits per heavy atom. The van der Waals surface area contributed by atoms with E-state index in [0.29, 0.717) is 13.0 Å². The molecule has 1 aromatic heterocycles. The van der Waals surface area contributed by atoms with Gasteiger partial charge in [0, 0.05) is 31.1 Å². The molecule has 6 heteroatoms. The second-order valence-electron chi connectivity index (χ2n) is 4.83. The number of anilines is 2. The van der Waals surface area contributed by atoms with Gasteiger partial charge in [0.15, 0.2) is 0 Å². The van der Waals surface area contributed by atoms with Crippen LogP contribution in [0.15, 0.2) is 6.33 Å². The highest BCUT2D eigenvalue weighted by molar-refractivity contribution is 5.76. The molecule has 3 N–H and O–H groups in total. The Morgan fingerprint density at radius 1 is 1.20 bits per heavy atom. The van der Waals surface area contributed by atoms with Gasteiger partial charge in [0.05, 0.1) is 0 Å². The first kappa shape index (κ1) is 16.2. The average Bonchev–Trinajstić information content (AvgIpc) is 2.38. The quantitative estimate of drug-likeness (QED) is 0.676. The van der Waals surface area contributed by atoms with Crippen LogP contribution < -0.4 is 16.0 Å². The third-order valence-corrected chi connectivity index (χ3v) is 2.74. The van der Waals surface area contributed by atoms with Crippen LogP contribution in [0.3, 0.4) is 0 Å². The van der Waals surface area contributed by atoms with Crippen LogP contribution in [0.25, 0.3) is 0 Å². The fourth-order valence-electron chi connectivity index (χ4n) is 1.91. The zero-order valence-corrected chi connectivity index (χ0v) is 12.8. The van der Waals surface area contributed by atoms with Crippen LogP contribution in [0.2, 0.25) is 0 Å². The minimum atomic E-state index is 0.0477. The van der Waals surface area contributed by atoms with Crippen molar-refractivity contribution in [3.05, 3.63) is 11.9 Å². The van der Waals surface area contributed by atoms with Gasteiger partial charge < -0.3 is 16.0 Å². The van der Waals surface area contributed by atoms with Crippen LogP contribution in [0.4, 0.5) is 11.6 Å². The van der Waals surface area contributed by atoms with Gasteiger partial charge in [-0.3, -0.25) is 4.79 Å². The fraction of sp³-hybridized carbons (Fsp3) is 0.643. The SMILES string of the molecule is CCNc1ncnc(NCCC(=O)NC(C)C)c1CC. The van der Waals surface area contributed by atoms with Gasteiger partial charge in [-0.05, 0) is 27.2 Å². The molecule has 0 saturated heterocycles. The number of hydrogen-bond acceptors (Lipinski definition) is 5. The topological polar surface area (TPSA) is 78.9 Å². The number of rotatable bonds is 8. The first-order chi connectivity index (χ1) is 9.58. The summed E-state index contributed by atoms with van der Waals surface area (Å²) in [6.07, 6.45) is 2.80. The highest BCUT2D eigenvalue weighted by Gasteiger charge is 2.09. The maximum Gasteiger partial charge on any atom is 0.221 e. The van der Waals surface area contributed by atoms with Gasteiger partial charge in [0.2, 0.25) is 5.91 Å². The lowest BCUT2D eigenvalue weighted by molar-refractivity contribution is -0.121. The summed E-state index contributed by atoms with van der Waals surface area (Å²) in [6, 6.07) is 0.174. The van der Waals surface area contributed by atoms with Gasteiger partial charge in [0.1, 0.15) is 18.0 Å². The van der Waals surface area contributed by atoms with Crippen molar-refractivity contribution in [2.75, 3.05) is 23.7 Å². The third kappa shape index (κ3) is 5.03. The zero-order chi connectivity index (χ0) is 15.0. The summed E-state index contributed by atoms with van der Waals surface area (Å²) >= 11 is 0. The number of nitrogens with one attached hydrogen (secondary N) is 3. The van der Waals surface area contributed by atoms with Crippen LogP contribution in [-0.2, 0) is 11.2 Å². The Hall–Kier alpha value is -1.85. The molecule has 0 radical (unpaired) electrons. The molecule has 0 unspecified atom stereocenters. The van der Waals surface area contributed by atoms with E-state index >= 15 is 0 Å². The Bertz CT molecular complexity index is 434. The van der Waals surface area contributed by atoms with E-state index in [1.165, 1.54) is 6.33 Å². The lowest BCUT2D eigenvalue weighted by Crippen LogP contribution is -2.31. The highest BCUT2D eigenvalue weighted by Crippen LogP contribution is 2.20. The van der Waals surface area contributed by atoms with E-state index in [1.807, 2.05) is 20.8 Å². The molecule has 112 valence electrons. The predicted octanol–water partition coefficient (Wildman–Crippen LogP) is 1.80. The lowest BCUT2D eigenvalue weighted by atomic mass is 10.2. The minimum absolute atomic E-state index is 0.0477. The van der Waals surface area contributed by atoms with Gasteiger partial charge in [-0.25, -0.2) is 9.97 Å². The molecule has 0 aromatic carbocycles. The molecule has 6 nitrogen and oxygen atoms in total. The predicted molar refractivity (Wildman–Crippen MR) is 82.0 cm³/mol. The largest absolute Gasteiger partial charge is 0.370 e. The number of nitrogens with zero attached hydrogens (tertiary/aromatic N) is 2. The average molecular weight is 279 g/mol. The number of carbonyl (C=O) groups excluding carboxylic acids is 1. The first-order valence-corrected chi connectivity index (χ1v) is 7.19. The molecular weight excluding hydrogens is 254 g/mol. The maximum absolute atomic E-state index is 11.6. The third-order valence-electron chi connectivity index (χ3n) is 2.74. The van der Waals surface area contributed by atoms with Crippen molar-refractivity contribution in [2.24, 2.45) is 0 Å². The van der Waals surface area contributed by atoms with Crippen molar-refractivity contribution in [2.45, 2.75) is 46.6 Å². The molecule has 1 heterocycles. The normalized spacial score (nSPS) is 10.4. The minimum Gasteiger partial charge on any atom is -0.370 e. The molecule has 0 aliphatic carbocycles. The van der Waals surface area contributed by atoms with Crippen molar-refractivity contribution in [3.63, 3.8) is 0 Å². The molecule has 20 heavy (non-hydrogen) atoms. The van der Waals surface area contributed by atoms with E-state index in [2.05, 4.69) is 32.8 Å². The van der Waals surface area contributed by atoms with Crippen molar-refractivity contribution >= 4 is 17.5 Å². The second-order valence-corrected chi connectivity index (χ2v) is 4.83. The van der Waals surface area contributed by atoms with Gasteiger partial charge in [-0.2, -0.15) is 0 Å². The van der Waals surface area contributed by atoms with Crippen LogP contribution in [0.1, 0.15) is 39.7 Å². The van der Waals surface area contributed by atoms with Crippen molar-refractivity contribution in [3.8, 4) is 0 Å². The number of amides is 1. The van der Waals surface area contributed by atoms with E-state index in [-0.39, 0.29) is 11.9 Å². The number of aromatic nitrogens is 2. The van der Waals surface area contributed by atoms with Crippen LogP contribution in [0.5, 0.6) is 0 Å². The molecule has 0 aliphatic rings. The Labute approximate surface area is 120 Å². The molecule has 0 atom stereocenters. The fourth-order valence-corrected chi connectivity index (χ4v) is 1.91. The van der Waals surface area contributed by atoms with Crippen molar-refractivity contribution in [1.82, 2.24) is 15.3 Å². The van der Waals surface area contributed by atoms with Gasteiger partial charge >= 0.3 is 0 Å². The molecule has 0 aliphatic heterocycles. The maximum atomic E-state index is 11.6. The second kappa shape index (κ2) is 8.35. The van der Waals surface area contributed by atoms with Gasteiger partial charge in [-0.1, -0.05) is 6.92 Å². The van der Waals surface area contributed by atoms with Crippen molar-refractivity contribution in [1.29, 1.82) is 0 Å². The molecular formula is C14H25N5O. The molecule has 0 bridgehead atoms. The molecule has 1 rings (SSSR count). The summed E-state index contributed by atoms with van der Waals surface area (Å²) in [5, 5.41) is 9.30. The number of hydrogen-bond donors (Lipinski definition) is 3. The van der Waals surface area contributed by atoms with Crippen LogP contribution in [0, 0.1) is 0 Å². The van der Waals surface area contributed by atoms with E-state index in [4.69, 9.17) is 0 Å². The Morgan fingerprint density at radius 2 is 1.85 bits per heavy atom. The molecule has 0 fully saturated rings. The van der Waals surface area contributed by atoms with Crippen LogP contribution >= 0.6 is 0 Å².